The van der Waals surface area contributed by atoms with E-state index < -0.39 is 26.2 Å². The Bertz CT molecular complexity index is 810. The van der Waals surface area contributed by atoms with Crippen LogP contribution >= 0.6 is 0 Å². The molecule has 0 unspecified atom stereocenters. The predicted octanol–water partition coefficient (Wildman–Crippen LogP) is 1.70. The van der Waals surface area contributed by atoms with Crippen molar-refractivity contribution in [3.63, 3.8) is 0 Å². The van der Waals surface area contributed by atoms with Gasteiger partial charge in [0.25, 0.3) is 0 Å². The molecule has 1 aliphatic heterocycles. The summed E-state index contributed by atoms with van der Waals surface area (Å²) in [7, 11) is -4.07. The van der Waals surface area contributed by atoms with Gasteiger partial charge in [-0.15, -0.1) is 0 Å². The lowest BCUT2D eigenvalue weighted by molar-refractivity contribution is -0.142. The normalized spacial score (nSPS) is 16.4. The van der Waals surface area contributed by atoms with Crippen LogP contribution in [-0.4, -0.2) is 38.2 Å². The van der Waals surface area contributed by atoms with Crippen molar-refractivity contribution in [2.75, 3.05) is 18.4 Å². The molecule has 1 aromatic rings. The highest BCUT2D eigenvalue weighted by Crippen LogP contribution is 2.25. The molecule has 0 atom stereocenters. The van der Waals surface area contributed by atoms with Crippen LogP contribution in [0.4, 0.5) is 10.1 Å². The highest BCUT2D eigenvalue weighted by molar-refractivity contribution is 7.89. The first-order valence-electron chi connectivity index (χ1n) is 8.31. The highest BCUT2D eigenvalue weighted by Gasteiger charge is 2.32. The fourth-order valence-corrected chi connectivity index (χ4v) is 3.43. The molecule has 3 N–H and O–H groups in total. The molecule has 0 aliphatic carbocycles. The zero-order valence-electron chi connectivity index (χ0n) is 15.1. The van der Waals surface area contributed by atoms with E-state index in [9.17, 15) is 22.4 Å². The zero-order chi connectivity index (χ0) is 19.7. The van der Waals surface area contributed by atoms with Crippen LogP contribution in [0.25, 0.3) is 0 Å². The maximum atomic E-state index is 13.6. The minimum Gasteiger partial charge on any atom is -0.342 e. The third kappa shape index (κ3) is 5.01. The van der Waals surface area contributed by atoms with Crippen LogP contribution in [0, 0.1) is 17.2 Å². The number of carbonyl (C=O) groups excluding carboxylic acids is 2. The number of benzene rings is 1. The minimum atomic E-state index is -4.07. The number of sulfonamides is 1. The number of carbonyl (C=O) groups is 2. The summed E-state index contributed by atoms with van der Waals surface area (Å²) in [6, 6.07) is 2.95. The van der Waals surface area contributed by atoms with Crippen LogP contribution in [0.15, 0.2) is 23.1 Å². The number of primary sulfonamides is 1. The topological polar surface area (TPSA) is 110 Å². The lowest BCUT2D eigenvalue weighted by atomic mass is 9.90. The van der Waals surface area contributed by atoms with Crippen LogP contribution in [0.2, 0.25) is 0 Å². The van der Waals surface area contributed by atoms with Crippen molar-refractivity contribution >= 4 is 27.5 Å². The van der Waals surface area contributed by atoms with Gasteiger partial charge in [0.15, 0.2) is 0 Å². The van der Waals surface area contributed by atoms with Gasteiger partial charge in [-0.05, 0) is 31.0 Å². The number of nitrogens with zero attached hydrogens (tertiary/aromatic N) is 1. The fraction of sp³-hybridized carbons (Fsp3) is 0.529. The summed E-state index contributed by atoms with van der Waals surface area (Å²) in [5.74, 6) is -1.43. The molecule has 0 bridgehead atoms. The number of rotatable bonds is 3. The van der Waals surface area contributed by atoms with E-state index in [1.54, 1.807) is 4.90 Å². The SMILES string of the molecule is CC(C)(C)C(=O)N1CCC(C(=O)Nc2cc(F)cc(S(N)(=O)=O)c2)CC1. The number of nitrogens with two attached hydrogens (primary N) is 1. The van der Waals surface area contributed by atoms with Crippen molar-refractivity contribution in [1.82, 2.24) is 4.90 Å². The molecular formula is C17H24FN3O4S. The molecule has 0 saturated carbocycles. The molecule has 2 amide bonds. The number of nitrogens with one attached hydrogen (secondary N) is 1. The van der Waals surface area contributed by atoms with Gasteiger partial charge in [0, 0.05) is 30.1 Å². The molecule has 9 heteroatoms. The summed E-state index contributed by atoms with van der Waals surface area (Å²) in [5.41, 5.74) is -0.437. The van der Waals surface area contributed by atoms with Gasteiger partial charge in [0.1, 0.15) is 5.82 Å². The average molecular weight is 385 g/mol. The molecule has 0 radical (unpaired) electrons. The van der Waals surface area contributed by atoms with Crippen molar-refractivity contribution in [3.05, 3.63) is 24.0 Å². The van der Waals surface area contributed by atoms with Gasteiger partial charge in [0.2, 0.25) is 21.8 Å². The molecule has 2 rings (SSSR count). The Labute approximate surface area is 152 Å². The first-order valence-corrected chi connectivity index (χ1v) is 9.86. The summed E-state index contributed by atoms with van der Waals surface area (Å²) in [5, 5.41) is 7.54. The maximum Gasteiger partial charge on any atom is 0.238 e. The molecule has 144 valence electrons. The zero-order valence-corrected chi connectivity index (χ0v) is 15.9. The van der Waals surface area contributed by atoms with E-state index in [0.717, 1.165) is 18.2 Å². The van der Waals surface area contributed by atoms with E-state index in [-0.39, 0.29) is 23.4 Å². The van der Waals surface area contributed by atoms with Gasteiger partial charge in [-0.3, -0.25) is 9.59 Å². The molecule has 26 heavy (non-hydrogen) atoms. The van der Waals surface area contributed by atoms with E-state index >= 15 is 0 Å². The minimum absolute atomic E-state index is 0.0345. The quantitative estimate of drug-likeness (QED) is 0.825. The molecule has 0 aromatic heterocycles. The molecule has 7 nitrogen and oxygen atoms in total. The summed E-state index contributed by atoms with van der Waals surface area (Å²) in [6.07, 6.45) is 0.982. The van der Waals surface area contributed by atoms with Crippen LogP contribution in [0.1, 0.15) is 33.6 Å². The van der Waals surface area contributed by atoms with Crippen LogP contribution in [0.5, 0.6) is 0 Å². The second-order valence-corrected chi connectivity index (χ2v) is 9.09. The van der Waals surface area contributed by atoms with Gasteiger partial charge >= 0.3 is 0 Å². The Kier molecular flexibility index (Phi) is 5.72. The smallest absolute Gasteiger partial charge is 0.238 e. The Morgan fingerprint density at radius 1 is 1.19 bits per heavy atom. The molecule has 1 fully saturated rings. The van der Waals surface area contributed by atoms with Crippen molar-refractivity contribution in [2.45, 2.75) is 38.5 Å². The molecule has 1 heterocycles. The van der Waals surface area contributed by atoms with Crippen molar-refractivity contribution < 1.29 is 22.4 Å². The standard InChI is InChI=1S/C17H24FN3O4S/c1-17(2,3)16(23)21-6-4-11(5-7-21)15(22)20-13-8-12(18)9-14(10-13)26(19,24)25/h8-11H,4-7H2,1-3H3,(H,20,22)(H2,19,24,25). The van der Waals surface area contributed by atoms with Crippen LogP contribution in [-0.2, 0) is 19.6 Å². The number of halogens is 1. The summed E-state index contributed by atoms with van der Waals surface area (Å²) in [6.45, 7) is 6.49. The largest absolute Gasteiger partial charge is 0.342 e. The molecule has 1 saturated heterocycles. The van der Waals surface area contributed by atoms with E-state index in [1.165, 1.54) is 0 Å². The molecular weight excluding hydrogens is 361 g/mol. The first-order chi connectivity index (χ1) is 11.9. The summed E-state index contributed by atoms with van der Waals surface area (Å²) >= 11 is 0. The number of anilines is 1. The lowest BCUT2D eigenvalue weighted by Crippen LogP contribution is -2.45. The van der Waals surface area contributed by atoms with Gasteiger partial charge in [-0.25, -0.2) is 17.9 Å². The molecule has 1 aliphatic rings. The van der Waals surface area contributed by atoms with Crippen molar-refractivity contribution in [1.29, 1.82) is 0 Å². The van der Waals surface area contributed by atoms with Crippen LogP contribution in [0.3, 0.4) is 0 Å². The van der Waals surface area contributed by atoms with E-state index in [0.29, 0.717) is 25.9 Å². The number of hydrogen-bond acceptors (Lipinski definition) is 4. The van der Waals surface area contributed by atoms with E-state index in [4.69, 9.17) is 5.14 Å². The third-order valence-electron chi connectivity index (χ3n) is 4.26. The van der Waals surface area contributed by atoms with Gasteiger partial charge in [-0.1, -0.05) is 20.8 Å². The van der Waals surface area contributed by atoms with Crippen molar-refractivity contribution in [2.24, 2.45) is 16.5 Å². The van der Waals surface area contributed by atoms with Crippen LogP contribution < -0.4 is 10.5 Å². The predicted molar refractivity (Wildman–Crippen MR) is 95.2 cm³/mol. The maximum absolute atomic E-state index is 13.6. The number of hydrogen-bond donors (Lipinski definition) is 2. The van der Waals surface area contributed by atoms with Crippen molar-refractivity contribution in [3.8, 4) is 0 Å². The second kappa shape index (κ2) is 7.32. The number of piperidine rings is 1. The first kappa shape index (κ1) is 20.3. The Hall–Kier alpha value is -2.00. The molecule has 0 spiro atoms. The van der Waals surface area contributed by atoms with Gasteiger partial charge in [-0.2, -0.15) is 0 Å². The Morgan fingerprint density at radius 3 is 2.27 bits per heavy atom. The highest BCUT2D eigenvalue weighted by atomic mass is 32.2. The van der Waals surface area contributed by atoms with Gasteiger partial charge in [0.05, 0.1) is 4.90 Å². The van der Waals surface area contributed by atoms with E-state index in [1.807, 2.05) is 20.8 Å². The number of amides is 2. The Balaban J connectivity index is 2.02. The average Bonchev–Trinajstić information content (AvgIpc) is 2.52. The Morgan fingerprint density at radius 2 is 1.77 bits per heavy atom. The lowest BCUT2D eigenvalue weighted by Gasteiger charge is -2.35. The number of likely N-dealkylation sites (tertiary alicyclic amines) is 1. The van der Waals surface area contributed by atoms with E-state index in [2.05, 4.69) is 5.32 Å². The van der Waals surface area contributed by atoms with Gasteiger partial charge < -0.3 is 10.2 Å². The molecule has 1 aromatic carbocycles. The summed E-state index contributed by atoms with van der Waals surface area (Å²) in [4.78, 5) is 26.0. The summed E-state index contributed by atoms with van der Waals surface area (Å²) < 4.78 is 36.3. The monoisotopic (exact) mass is 385 g/mol. The third-order valence-corrected chi connectivity index (χ3v) is 5.15. The second-order valence-electron chi connectivity index (χ2n) is 7.53. The fourth-order valence-electron chi connectivity index (χ4n) is 2.86.